The van der Waals surface area contributed by atoms with Crippen molar-refractivity contribution in [3.05, 3.63) is 33.9 Å². The van der Waals surface area contributed by atoms with Gasteiger partial charge in [-0.2, -0.15) is 0 Å². The minimum absolute atomic E-state index is 0.351. The molecule has 1 N–H and O–H groups in total. The Labute approximate surface area is 95.6 Å². The number of H-pyrrole nitrogens is 1. The third-order valence-electron chi connectivity index (χ3n) is 2.34. The second-order valence-electron chi connectivity index (χ2n) is 3.33. The summed E-state index contributed by atoms with van der Waals surface area (Å²) < 4.78 is 5.66. The van der Waals surface area contributed by atoms with Crippen LogP contribution in [0.5, 0.6) is 0 Å². The molecule has 0 saturated carbocycles. The first-order valence-electron chi connectivity index (χ1n) is 4.49. The van der Waals surface area contributed by atoms with E-state index in [4.69, 9.17) is 0 Å². The number of hydrogen-bond acceptors (Lipinski definition) is 2. The summed E-state index contributed by atoms with van der Waals surface area (Å²) in [6.45, 7) is 2.01. The Kier molecular flexibility index (Phi) is 2.52. The summed E-state index contributed by atoms with van der Waals surface area (Å²) in [5.41, 5.74) is 2.53. The molecule has 1 heterocycles. The molecule has 0 saturated heterocycles. The van der Waals surface area contributed by atoms with Crippen molar-refractivity contribution in [1.29, 1.82) is 0 Å². The third-order valence-corrected chi connectivity index (χ3v) is 3.39. The van der Waals surface area contributed by atoms with Gasteiger partial charge < -0.3 is 9.72 Å². The van der Waals surface area contributed by atoms with Crippen molar-refractivity contribution in [2.45, 2.75) is 6.92 Å². The van der Waals surface area contributed by atoms with Gasteiger partial charge >= 0.3 is 5.97 Å². The van der Waals surface area contributed by atoms with Crippen molar-refractivity contribution in [2.24, 2.45) is 0 Å². The lowest BCUT2D eigenvalue weighted by Gasteiger charge is -1.97. The standard InChI is InChI=1S/C11H10BrNO2/c1-6-3-4-8-7(10(6)12)5-9(13-8)11(14)15-2/h3-5,13H,1-2H3. The van der Waals surface area contributed by atoms with Gasteiger partial charge in [-0.1, -0.05) is 6.07 Å². The highest BCUT2D eigenvalue weighted by molar-refractivity contribution is 9.10. The fourth-order valence-corrected chi connectivity index (χ4v) is 1.96. The van der Waals surface area contributed by atoms with E-state index < -0.39 is 0 Å². The van der Waals surface area contributed by atoms with E-state index >= 15 is 0 Å². The van der Waals surface area contributed by atoms with E-state index in [1.165, 1.54) is 7.11 Å². The molecule has 0 radical (unpaired) electrons. The molecule has 3 nitrogen and oxygen atoms in total. The molecule has 0 atom stereocenters. The van der Waals surface area contributed by atoms with Crippen molar-refractivity contribution < 1.29 is 9.53 Å². The lowest BCUT2D eigenvalue weighted by Crippen LogP contribution is -2.00. The summed E-state index contributed by atoms with van der Waals surface area (Å²) in [7, 11) is 1.37. The van der Waals surface area contributed by atoms with E-state index in [1.807, 2.05) is 19.1 Å². The monoisotopic (exact) mass is 267 g/mol. The average Bonchev–Trinajstić information content (AvgIpc) is 2.67. The van der Waals surface area contributed by atoms with Gasteiger partial charge in [0.2, 0.25) is 0 Å². The Hall–Kier alpha value is -1.29. The molecule has 78 valence electrons. The van der Waals surface area contributed by atoms with Crippen LogP contribution in [-0.4, -0.2) is 18.1 Å². The van der Waals surface area contributed by atoms with Crippen molar-refractivity contribution in [3.8, 4) is 0 Å². The molecule has 1 aromatic carbocycles. The molecule has 2 rings (SSSR count). The van der Waals surface area contributed by atoms with Crippen molar-refractivity contribution in [3.63, 3.8) is 0 Å². The number of carbonyl (C=O) groups excluding carboxylic acids is 1. The van der Waals surface area contributed by atoms with Gasteiger partial charge in [0, 0.05) is 15.4 Å². The van der Waals surface area contributed by atoms with E-state index in [0.717, 1.165) is 20.9 Å². The molecule has 0 fully saturated rings. The molecule has 0 bridgehead atoms. The maximum atomic E-state index is 11.3. The summed E-state index contributed by atoms with van der Waals surface area (Å²) in [5, 5.41) is 0.996. The number of carbonyl (C=O) groups is 1. The molecule has 4 heteroatoms. The van der Waals surface area contributed by atoms with Crippen LogP contribution in [0.1, 0.15) is 16.1 Å². The average molecular weight is 268 g/mol. The number of nitrogens with one attached hydrogen (secondary N) is 1. The SMILES string of the molecule is COC(=O)c1cc2c(Br)c(C)ccc2[nH]1. The second kappa shape index (κ2) is 3.70. The fourth-order valence-electron chi connectivity index (χ4n) is 1.50. The molecule has 1 aromatic heterocycles. The lowest BCUT2D eigenvalue weighted by molar-refractivity contribution is 0.0595. The maximum Gasteiger partial charge on any atom is 0.354 e. The summed E-state index contributed by atoms with van der Waals surface area (Å²) in [4.78, 5) is 14.3. The number of aryl methyl sites for hydroxylation is 1. The summed E-state index contributed by atoms with van der Waals surface area (Å²) in [5.74, 6) is -0.351. The minimum atomic E-state index is -0.351. The summed E-state index contributed by atoms with van der Waals surface area (Å²) in [6.07, 6.45) is 0. The van der Waals surface area contributed by atoms with Gasteiger partial charge in [0.25, 0.3) is 0 Å². The predicted molar refractivity (Wildman–Crippen MR) is 62.1 cm³/mol. The van der Waals surface area contributed by atoms with Crippen molar-refractivity contribution >= 4 is 32.8 Å². The Morgan fingerprint density at radius 1 is 1.47 bits per heavy atom. The second-order valence-corrected chi connectivity index (χ2v) is 4.13. The number of fused-ring (bicyclic) bond motifs is 1. The van der Waals surface area contributed by atoms with Crippen LogP contribution in [0, 0.1) is 6.92 Å². The van der Waals surface area contributed by atoms with Gasteiger partial charge in [-0.05, 0) is 40.5 Å². The molecule has 15 heavy (non-hydrogen) atoms. The largest absolute Gasteiger partial charge is 0.464 e. The Balaban J connectivity index is 2.66. The zero-order valence-electron chi connectivity index (χ0n) is 8.43. The molecular weight excluding hydrogens is 258 g/mol. The molecule has 0 unspecified atom stereocenters. The van der Waals surface area contributed by atoms with Gasteiger partial charge in [-0.25, -0.2) is 4.79 Å². The summed E-state index contributed by atoms with van der Waals surface area (Å²) in [6, 6.07) is 5.73. The van der Waals surface area contributed by atoms with Gasteiger partial charge in [-0.15, -0.1) is 0 Å². The first-order valence-corrected chi connectivity index (χ1v) is 5.29. The van der Waals surface area contributed by atoms with Crippen LogP contribution in [0.4, 0.5) is 0 Å². The highest BCUT2D eigenvalue weighted by atomic mass is 79.9. The van der Waals surface area contributed by atoms with Crippen LogP contribution in [-0.2, 0) is 4.74 Å². The number of benzene rings is 1. The number of aromatic nitrogens is 1. The molecule has 2 aromatic rings. The molecule has 0 aliphatic rings. The number of rotatable bonds is 1. The predicted octanol–water partition coefficient (Wildman–Crippen LogP) is 3.03. The number of aromatic amines is 1. The summed E-state index contributed by atoms with van der Waals surface area (Å²) >= 11 is 3.49. The Morgan fingerprint density at radius 3 is 2.87 bits per heavy atom. The first kappa shape index (κ1) is 10.2. The van der Waals surface area contributed by atoms with Crippen LogP contribution < -0.4 is 0 Å². The third kappa shape index (κ3) is 1.65. The smallest absolute Gasteiger partial charge is 0.354 e. The molecule has 0 amide bonds. The molecule has 0 spiro atoms. The van der Waals surface area contributed by atoms with E-state index in [9.17, 15) is 4.79 Å². The Bertz CT molecular complexity index is 531. The van der Waals surface area contributed by atoms with E-state index in [-0.39, 0.29) is 5.97 Å². The fraction of sp³-hybridized carbons (Fsp3) is 0.182. The normalized spacial score (nSPS) is 10.6. The first-order chi connectivity index (χ1) is 7.13. The Morgan fingerprint density at radius 2 is 2.20 bits per heavy atom. The number of hydrogen-bond donors (Lipinski definition) is 1. The highest BCUT2D eigenvalue weighted by Gasteiger charge is 2.11. The van der Waals surface area contributed by atoms with Gasteiger partial charge in [0.15, 0.2) is 0 Å². The van der Waals surface area contributed by atoms with Crippen LogP contribution in [0.3, 0.4) is 0 Å². The lowest BCUT2D eigenvalue weighted by atomic mass is 10.2. The zero-order chi connectivity index (χ0) is 11.0. The zero-order valence-corrected chi connectivity index (χ0v) is 10.0. The molecular formula is C11H10BrNO2. The number of ether oxygens (including phenoxy) is 1. The minimum Gasteiger partial charge on any atom is -0.464 e. The molecule has 0 aliphatic heterocycles. The maximum absolute atomic E-state index is 11.3. The number of esters is 1. The van der Waals surface area contributed by atoms with Gasteiger partial charge in [0.05, 0.1) is 7.11 Å². The highest BCUT2D eigenvalue weighted by Crippen LogP contribution is 2.28. The van der Waals surface area contributed by atoms with Gasteiger partial charge in [-0.3, -0.25) is 0 Å². The van der Waals surface area contributed by atoms with Crippen molar-refractivity contribution in [1.82, 2.24) is 4.98 Å². The van der Waals surface area contributed by atoms with Crippen molar-refractivity contribution in [2.75, 3.05) is 7.11 Å². The van der Waals surface area contributed by atoms with Crippen LogP contribution in [0.25, 0.3) is 10.9 Å². The topological polar surface area (TPSA) is 42.1 Å². The van der Waals surface area contributed by atoms with E-state index in [1.54, 1.807) is 6.07 Å². The van der Waals surface area contributed by atoms with E-state index in [2.05, 4.69) is 25.7 Å². The number of halogens is 1. The molecule has 0 aliphatic carbocycles. The number of methoxy groups -OCH3 is 1. The van der Waals surface area contributed by atoms with E-state index in [0.29, 0.717) is 5.69 Å². The van der Waals surface area contributed by atoms with Crippen LogP contribution >= 0.6 is 15.9 Å². The van der Waals surface area contributed by atoms with Crippen LogP contribution in [0.15, 0.2) is 22.7 Å². The van der Waals surface area contributed by atoms with Crippen LogP contribution in [0.2, 0.25) is 0 Å². The van der Waals surface area contributed by atoms with Gasteiger partial charge in [0.1, 0.15) is 5.69 Å². The quantitative estimate of drug-likeness (QED) is 0.808.